The quantitative estimate of drug-likeness (QED) is 0.568. The Hall–Kier alpha value is -2.89. The summed E-state index contributed by atoms with van der Waals surface area (Å²) in [5.41, 5.74) is 8.61. The van der Waals surface area contributed by atoms with Crippen molar-refractivity contribution in [2.45, 2.75) is 49.6 Å². The maximum Gasteiger partial charge on any atom is 0.238 e. The Morgan fingerprint density at radius 1 is 1.23 bits per heavy atom. The molecule has 8 heteroatoms. The van der Waals surface area contributed by atoms with Crippen molar-refractivity contribution < 1.29 is 13.2 Å². The lowest BCUT2D eigenvalue weighted by molar-refractivity contribution is -0.124. The number of sulfone groups is 1. The van der Waals surface area contributed by atoms with Gasteiger partial charge in [-0.05, 0) is 48.2 Å². The summed E-state index contributed by atoms with van der Waals surface area (Å²) in [4.78, 5) is 12.5. The minimum Gasteiger partial charge on any atom is -0.398 e. The number of nitriles is 1. The van der Waals surface area contributed by atoms with Gasteiger partial charge in [0, 0.05) is 6.42 Å². The second-order valence-electron chi connectivity index (χ2n) is 7.75. The van der Waals surface area contributed by atoms with Crippen LogP contribution >= 0.6 is 0 Å². The smallest absolute Gasteiger partial charge is 0.238 e. The molecule has 0 bridgehead atoms. The summed E-state index contributed by atoms with van der Waals surface area (Å²) in [5, 5.41) is 15.5. The lowest BCUT2D eigenvalue weighted by Gasteiger charge is -2.23. The first kappa shape index (κ1) is 22.8. The molecule has 0 spiro atoms. The molecule has 2 atom stereocenters. The molecule has 0 radical (unpaired) electrons. The molecule has 0 unspecified atom stereocenters. The molecule has 1 aliphatic rings. The molecule has 4 N–H and O–H groups in total. The maximum atomic E-state index is 12.4. The molecular weight excluding hydrogens is 412 g/mol. The van der Waals surface area contributed by atoms with Gasteiger partial charge in [-0.15, -0.1) is 0 Å². The van der Waals surface area contributed by atoms with Gasteiger partial charge in [-0.1, -0.05) is 43.7 Å². The number of nitrogen functional groups attached to an aromatic ring is 1. The molecule has 31 heavy (non-hydrogen) atoms. The first-order valence-corrected chi connectivity index (χ1v) is 12.1. The minimum atomic E-state index is -3.41. The highest BCUT2D eigenvalue weighted by molar-refractivity contribution is 7.91. The van der Waals surface area contributed by atoms with Crippen LogP contribution in [0.25, 0.3) is 11.1 Å². The summed E-state index contributed by atoms with van der Waals surface area (Å²) >= 11 is 0. The molecule has 1 aliphatic heterocycles. The summed E-state index contributed by atoms with van der Waals surface area (Å²) in [6.45, 7) is 2.41. The van der Waals surface area contributed by atoms with Gasteiger partial charge in [0.05, 0.1) is 28.4 Å². The van der Waals surface area contributed by atoms with E-state index in [0.717, 1.165) is 42.5 Å². The number of anilines is 1. The number of hydrogen-bond acceptors (Lipinski definition) is 6. The van der Waals surface area contributed by atoms with Crippen LogP contribution in [0.3, 0.4) is 0 Å². The molecule has 7 nitrogen and oxygen atoms in total. The van der Waals surface area contributed by atoms with Crippen LogP contribution < -0.4 is 16.4 Å². The summed E-state index contributed by atoms with van der Waals surface area (Å²) in [7, 11) is -3.41. The molecule has 0 aromatic heterocycles. The molecular formula is C23H28N4O3S. The molecule has 2 aromatic carbocycles. The van der Waals surface area contributed by atoms with Crippen molar-refractivity contribution >= 4 is 21.4 Å². The number of piperidine rings is 1. The van der Waals surface area contributed by atoms with Gasteiger partial charge in [-0.2, -0.15) is 5.26 Å². The van der Waals surface area contributed by atoms with E-state index in [1.165, 1.54) is 0 Å². The second-order valence-corrected chi connectivity index (χ2v) is 10.00. The minimum absolute atomic E-state index is 0.0166. The number of carbonyl (C=O) groups excluding carboxylic acids is 1. The lowest BCUT2D eigenvalue weighted by Crippen LogP contribution is -2.49. The summed E-state index contributed by atoms with van der Waals surface area (Å²) in [6.07, 6.45) is 3.26. The number of nitrogens with one attached hydrogen (secondary N) is 2. The van der Waals surface area contributed by atoms with Gasteiger partial charge in [-0.25, -0.2) is 8.42 Å². The standard InChI is InChI=1S/C23H28N4O3S/c1-2-31(29,30)22-14-18(10-11-20(22)25)17-8-6-16(7-9-17)13-19(15-24)27-23(28)21-5-3-4-12-26-21/h6-11,14,19,21,26H,2-5,12-13,25H2,1H3,(H,27,28)/t19-,21-/m0/s1. The van der Waals surface area contributed by atoms with E-state index in [0.29, 0.717) is 6.42 Å². The summed E-state index contributed by atoms with van der Waals surface area (Å²) in [5.74, 6) is -0.147. The number of amides is 1. The largest absolute Gasteiger partial charge is 0.398 e. The third-order valence-electron chi connectivity index (χ3n) is 5.55. The van der Waals surface area contributed by atoms with Crippen LogP contribution in [0.5, 0.6) is 0 Å². The van der Waals surface area contributed by atoms with Crippen LogP contribution in [0, 0.1) is 11.3 Å². The Balaban J connectivity index is 1.70. The van der Waals surface area contributed by atoms with Crippen molar-refractivity contribution in [1.29, 1.82) is 5.26 Å². The van der Waals surface area contributed by atoms with E-state index in [1.54, 1.807) is 25.1 Å². The van der Waals surface area contributed by atoms with Crippen LogP contribution in [-0.2, 0) is 21.1 Å². The molecule has 3 rings (SSSR count). The molecule has 1 heterocycles. The number of benzene rings is 2. The van der Waals surface area contributed by atoms with Crippen molar-refractivity contribution in [2.75, 3.05) is 18.0 Å². The monoisotopic (exact) mass is 440 g/mol. The zero-order valence-electron chi connectivity index (χ0n) is 17.6. The molecule has 2 aromatic rings. The fraction of sp³-hybridized carbons (Fsp3) is 0.391. The van der Waals surface area contributed by atoms with E-state index in [4.69, 9.17) is 5.73 Å². The van der Waals surface area contributed by atoms with Gasteiger partial charge in [0.1, 0.15) is 6.04 Å². The average molecular weight is 441 g/mol. The number of nitrogens with zero attached hydrogens (tertiary/aromatic N) is 1. The van der Waals surface area contributed by atoms with Gasteiger partial charge >= 0.3 is 0 Å². The van der Waals surface area contributed by atoms with Gasteiger partial charge in [0.25, 0.3) is 0 Å². The fourth-order valence-corrected chi connectivity index (χ4v) is 4.73. The topological polar surface area (TPSA) is 125 Å². The van der Waals surface area contributed by atoms with Gasteiger partial charge in [-0.3, -0.25) is 4.79 Å². The SMILES string of the molecule is CCS(=O)(=O)c1cc(-c2ccc(C[C@@H](C#N)NC(=O)[C@@H]3CCCCN3)cc2)ccc1N. The lowest BCUT2D eigenvalue weighted by atomic mass is 10.00. The predicted octanol–water partition coefficient (Wildman–Crippen LogP) is 2.42. The Kier molecular flexibility index (Phi) is 7.31. The van der Waals surface area contributed by atoms with Gasteiger partial charge in [0.15, 0.2) is 9.84 Å². The highest BCUT2D eigenvalue weighted by atomic mass is 32.2. The van der Waals surface area contributed by atoms with E-state index in [9.17, 15) is 18.5 Å². The van der Waals surface area contributed by atoms with Gasteiger partial charge in [0.2, 0.25) is 5.91 Å². The van der Waals surface area contributed by atoms with Crippen LogP contribution in [0.2, 0.25) is 0 Å². The van der Waals surface area contributed by atoms with Crippen molar-refractivity contribution in [1.82, 2.24) is 10.6 Å². The van der Waals surface area contributed by atoms with Crippen LogP contribution in [-0.4, -0.2) is 38.7 Å². The van der Waals surface area contributed by atoms with Crippen molar-refractivity contribution in [3.63, 3.8) is 0 Å². The van der Waals surface area contributed by atoms with Crippen LogP contribution in [0.1, 0.15) is 31.7 Å². The van der Waals surface area contributed by atoms with E-state index in [1.807, 2.05) is 24.3 Å². The van der Waals surface area contributed by atoms with E-state index < -0.39 is 15.9 Å². The average Bonchev–Trinajstić information content (AvgIpc) is 2.80. The van der Waals surface area contributed by atoms with E-state index in [-0.39, 0.29) is 28.3 Å². The normalized spacial score (nSPS) is 17.5. The zero-order chi connectivity index (χ0) is 22.4. The Morgan fingerprint density at radius 2 is 1.94 bits per heavy atom. The third-order valence-corrected chi connectivity index (χ3v) is 7.34. The number of carbonyl (C=O) groups is 1. The molecule has 1 amide bonds. The summed E-state index contributed by atoms with van der Waals surface area (Å²) < 4.78 is 24.5. The second kappa shape index (κ2) is 9.94. The zero-order valence-corrected chi connectivity index (χ0v) is 18.4. The number of nitrogens with two attached hydrogens (primary N) is 1. The van der Waals surface area contributed by atoms with E-state index in [2.05, 4.69) is 16.7 Å². The van der Waals surface area contributed by atoms with Crippen LogP contribution in [0.4, 0.5) is 5.69 Å². The van der Waals surface area contributed by atoms with E-state index >= 15 is 0 Å². The highest BCUT2D eigenvalue weighted by Gasteiger charge is 2.23. The molecule has 1 saturated heterocycles. The highest BCUT2D eigenvalue weighted by Crippen LogP contribution is 2.28. The molecule has 1 fully saturated rings. The molecule has 164 valence electrons. The molecule has 0 saturated carbocycles. The van der Waals surface area contributed by atoms with Crippen molar-refractivity contribution in [3.05, 3.63) is 48.0 Å². The first-order chi connectivity index (χ1) is 14.8. The number of hydrogen-bond donors (Lipinski definition) is 3. The number of rotatable bonds is 7. The predicted molar refractivity (Wildman–Crippen MR) is 121 cm³/mol. The van der Waals surface area contributed by atoms with Crippen molar-refractivity contribution in [3.8, 4) is 17.2 Å². The Morgan fingerprint density at radius 3 is 2.55 bits per heavy atom. The Labute approximate surface area is 183 Å². The summed E-state index contributed by atoms with van der Waals surface area (Å²) in [6, 6.07) is 13.8. The van der Waals surface area contributed by atoms with Crippen molar-refractivity contribution in [2.24, 2.45) is 0 Å². The molecule has 0 aliphatic carbocycles. The van der Waals surface area contributed by atoms with Crippen LogP contribution in [0.15, 0.2) is 47.4 Å². The van der Waals surface area contributed by atoms with Gasteiger partial charge < -0.3 is 16.4 Å². The first-order valence-electron chi connectivity index (χ1n) is 10.5. The Bertz CT molecular complexity index is 1070. The third kappa shape index (κ3) is 5.63. The maximum absolute atomic E-state index is 12.4. The fourth-order valence-electron chi connectivity index (χ4n) is 3.68.